The van der Waals surface area contributed by atoms with E-state index in [0.717, 1.165) is 35.7 Å². The molecule has 1 aromatic heterocycles. The van der Waals surface area contributed by atoms with Gasteiger partial charge < -0.3 is 5.32 Å². The molecule has 0 aliphatic carbocycles. The Hall–Kier alpha value is -1.08. The van der Waals surface area contributed by atoms with Crippen LogP contribution in [-0.2, 0) is 11.3 Å². The van der Waals surface area contributed by atoms with Crippen molar-refractivity contribution in [1.29, 1.82) is 0 Å². The zero-order chi connectivity index (χ0) is 14.5. The highest BCUT2D eigenvalue weighted by atomic mass is 32.1. The van der Waals surface area contributed by atoms with E-state index in [2.05, 4.69) is 10.3 Å². The van der Waals surface area contributed by atoms with E-state index in [1.807, 2.05) is 18.0 Å². The summed E-state index contributed by atoms with van der Waals surface area (Å²) in [5.74, 6) is -0.293. The summed E-state index contributed by atoms with van der Waals surface area (Å²) in [6, 6.07) is -0.313. The minimum atomic E-state index is -2.50. The Morgan fingerprint density at radius 3 is 3.05 bits per heavy atom. The first-order chi connectivity index (χ1) is 9.56. The molecule has 1 saturated heterocycles. The first-order valence-electron chi connectivity index (χ1n) is 6.77. The lowest BCUT2D eigenvalue weighted by Crippen LogP contribution is -2.49. The molecule has 0 bridgehead atoms. The van der Waals surface area contributed by atoms with Crippen molar-refractivity contribution in [2.24, 2.45) is 0 Å². The number of nitrogens with zero attached hydrogens (tertiary/aromatic N) is 2. The second-order valence-electron chi connectivity index (χ2n) is 4.98. The molecular weight excluding hydrogens is 284 g/mol. The maximum absolute atomic E-state index is 12.2. The number of amides is 1. The fraction of sp³-hybridized carbons (Fsp3) is 0.692. The molecule has 0 unspecified atom stereocenters. The molecule has 1 aromatic rings. The lowest BCUT2D eigenvalue weighted by atomic mass is 10.0. The molecule has 4 nitrogen and oxygen atoms in total. The van der Waals surface area contributed by atoms with Gasteiger partial charge in [0.1, 0.15) is 5.01 Å². The van der Waals surface area contributed by atoms with E-state index < -0.39 is 13.0 Å². The molecule has 7 heteroatoms. The Kier molecular flexibility index (Phi) is 5.42. The first-order valence-corrected chi connectivity index (χ1v) is 7.59. The van der Waals surface area contributed by atoms with Gasteiger partial charge in [-0.25, -0.2) is 13.8 Å². The van der Waals surface area contributed by atoms with Crippen molar-refractivity contribution in [1.82, 2.24) is 15.2 Å². The van der Waals surface area contributed by atoms with Gasteiger partial charge in [-0.1, -0.05) is 6.42 Å². The number of thiazole rings is 1. The Bertz CT molecular complexity index is 453. The molecule has 1 aliphatic heterocycles. The molecular formula is C13H19F2N3OS. The zero-order valence-corrected chi connectivity index (χ0v) is 12.3. The van der Waals surface area contributed by atoms with E-state index in [1.54, 1.807) is 11.3 Å². The fourth-order valence-electron chi connectivity index (χ4n) is 2.42. The van der Waals surface area contributed by atoms with Crippen LogP contribution < -0.4 is 5.32 Å². The maximum atomic E-state index is 12.2. The number of nitrogens with one attached hydrogen (secondary N) is 1. The quantitative estimate of drug-likeness (QED) is 0.907. The largest absolute Gasteiger partial charge is 0.349 e. The predicted molar refractivity (Wildman–Crippen MR) is 73.9 cm³/mol. The van der Waals surface area contributed by atoms with E-state index in [-0.39, 0.29) is 11.9 Å². The van der Waals surface area contributed by atoms with Crippen LogP contribution in [0.25, 0.3) is 0 Å². The maximum Gasteiger partial charge on any atom is 0.255 e. The minimum absolute atomic E-state index is 0.293. The van der Waals surface area contributed by atoms with Crippen molar-refractivity contribution in [2.75, 3.05) is 13.1 Å². The molecule has 0 aromatic carbocycles. The third-order valence-electron chi connectivity index (χ3n) is 3.35. The molecule has 112 valence electrons. The normalized spacial score (nSPS) is 20.3. The minimum Gasteiger partial charge on any atom is -0.349 e. The molecule has 2 heterocycles. The summed E-state index contributed by atoms with van der Waals surface area (Å²) in [4.78, 5) is 19.5. The van der Waals surface area contributed by atoms with Crippen molar-refractivity contribution in [3.63, 3.8) is 0 Å². The SMILES string of the molecule is Cc1cnc(CN2CCCC[C@H]2C(=O)NCC(F)F)s1. The van der Waals surface area contributed by atoms with Gasteiger partial charge in [0.2, 0.25) is 5.91 Å². The molecule has 0 radical (unpaired) electrons. The van der Waals surface area contributed by atoms with Crippen LogP contribution in [0.2, 0.25) is 0 Å². The van der Waals surface area contributed by atoms with Crippen LogP contribution in [-0.4, -0.2) is 41.3 Å². The van der Waals surface area contributed by atoms with Gasteiger partial charge in [-0.05, 0) is 26.3 Å². The predicted octanol–water partition coefficient (Wildman–Crippen LogP) is 2.19. The first kappa shape index (κ1) is 15.3. The monoisotopic (exact) mass is 303 g/mol. The Labute approximate surface area is 121 Å². The zero-order valence-electron chi connectivity index (χ0n) is 11.4. The molecule has 20 heavy (non-hydrogen) atoms. The third kappa shape index (κ3) is 4.21. The van der Waals surface area contributed by atoms with Crippen molar-refractivity contribution < 1.29 is 13.6 Å². The number of hydrogen-bond donors (Lipinski definition) is 1. The molecule has 0 spiro atoms. The highest BCUT2D eigenvalue weighted by Gasteiger charge is 2.29. The number of aryl methyl sites for hydroxylation is 1. The van der Waals surface area contributed by atoms with Crippen molar-refractivity contribution in [2.45, 2.75) is 45.2 Å². The molecule has 1 fully saturated rings. The van der Waals surface area contributed by atoms with Gasteiger partial charge >= 0.3 is 0 Å². The smallest absolute Gasteiger partial charge is 0.255 e. The van der Waals surface area contributed by atoms with Crippen LogP contribution in [0, 0.1) is 6.92 Å². The van der Waals surface area contributed by atoms with Crippen LogP contribution in [0.1, 0.15) is 29.1 Å². The molecule has 1 amide bonds. The number of carbonyl (C=O) groups excluding carboxylic acids is 1. The average molecular weight is 303 g/mol. The number of rotatable bonds is 5. The third-order valence-corrected chi connectivity index (χ3v) is 4.25. The summed E-state index contributed by atoms with van der Waals surface area (Å²) >= 11 is 1.61. The number of likely N-dealkylation sites (tertiary alicyclic amines) is 1. The van der Waals surface area contributed by atoms with Gasteiger partial charge in [0.25, 0.3) is 6.43 Å². The van der Waals surface area contributed by atoms with Gasteiger partial charge in [0, 0.05) is 11.1 Å². The molecule has 1 N–H and O–H groups in total. The molecule has 1 atom stereocenters. The van der Waals surface area contributed by atoms with Crippen LogP contribution in [0.15, 0.2) is 6.20 Å². The van der Waals surface area contributed by atoms with Crippen LogP contribution in [0.5, 0.6) is 0 Å². The Morgan fingerprint density at radius 2 is 2.40 bits per heavy atom. The van der Waals surface area contributed by atoms with E-state index in [1.165, 1.54) is 0 Å². The molecule has 0 saturated carbocycles. The number of carbonyl (C=O) groups is 1. The summed E-state index contributed by atoms with van der Waals surface area (Å²) in [5.41, 5.74) is 0. The Balaban J connectivity index is 1.95. The van der Waals surface area contributed by atoms with E-state index in [4.69, 9.17) is 0 Å². The highest BCUT2D eigenvalue weighted by Crippen LogP contribution is 2.21. The summed E-state index contributed by atoms with van der Waals surface area (Å²) in [6.07, 6.45) is 2.02. The number of alkyl halides is 2. The van der Waals surface area contributed by atoms with Crippen LogP contribution in [0.4, 0.5) is 8.78 Å². The van der Waals surface area contributed by atoms with Crippen LogP contribution in [0.3, 0.4) is 0 Å². The Morgan fingerprint density at radius 1 is 1.60 bits per heavy atom. The van der Waals surface area contributed by atoms with Crippen LogP contribution >= 0.6 is 11.3 Å². The summed E-state index contributed by atoms with van der Waals surface area (Å²) in [6.45, 7) is 2.85. The molecule has 1 aliphatic rings. The van der Waals surface area contributed by atoms with Gasteiger partial charge in [-0.3, -0.25) is 9.69 Å². The second-order valence-corrected chi connectivity index (χ2v) is 6.30. The molecule has 2 rings (SSSR count). The van der Waals surface area contributed by atoms with E-state index in [9.17, 15) is 13.6 Å². The topological polar surface area (TPSA) is 45.2 Å². The van der Waals surface area contributed by atoms with Gasteiger partial charge in [0.05, 0.1) is 19.1 Å². The van der Waals surface area contributed by atoms with E-state index >= 15 is 0 Å². The fourth-order valence-corrected chi connectivity index (χ4v) is 3.23. The van der Waals surface area contributed by atoms with Gasteiger partial charge in [0.15, 0.2) is 0 Å². The standard InChI is InChI=1S/C13H19F2N3OS/c1-9-6-16-12(20-9)8-18-5-3-2-4-10(18)13(19)17-7-11(14)15/h6,10-11H,2-5,7-8H2,1H3,(H,17,19)/t10-/m0/s1. The average Bonchev–Trinajstić information content (AvgIpc) is 2.82. The number of piperidine rings is 1. The highest BCUT2D eigenvalue weighted by molar-refractivity contribution is 7.11. The van der Waals surface area contributed by atoms with Crippen molar-refractivity contribution in [3.8, 4) is 0 Å². The lowest BCUT2D eigenvalue weighted by Gasteiger charge is -2.33. The van der Waals surface area contributed by atoms with E-state index in [0.29, 0.717) is 6.54 Å². The summed E-state index contributed by atoms with van der Waals surface area (Å²) in [5, 5.41) is 3.29. The summed E-state index contributed by atoms with van der Waals surface area (Å²) < 4.78 is 24.3. The summed E-state index contributed by atoms with van der Waals surface area (Å²) in [7, 11) is 0. The van der Waals surface area contributed by atoms with Crippen molar-refractivity contribution in [3.05, 3.63) is 16.1 Å². The second kappa shape index (κ2) is 7.08. The lowest BCUT2D eigenvalue weighted by molar-refractivity contribution is -0.128. The number of halogens is 2. The number of aromatic nitrogens is 1. The van der Waals surface area contributed by atoms with Crippen molar-refractivity contribution >= 4 is 17.2 Å². The van der Waals surface area contributed by atoms with Gasteiger partial charge in [-0.2, -0.15) is 0 Å². The van der Waals surface area contributed by atoms with Gasteiger partial charge in [-0.15, -0.1) is 11.3 Å². The number of hydrogen-bond acceptors (Lipinski definition) is 4.